The molecule has 0 aromatic carbocycles. The van der Waals surface area contributed by atoms with E-state index in [0.717, 1.165) is 43.7 Å². The van der Waals surface area contributed by atoms with Crippen LogP contribution in [0.15, 0.2) is 10.7 Å². The van der Waals surface area contributed by atoms with Gasteiger partial charge in [0.2, 0.25) is 5.95 Å². The fourth-order valence-corrected chi connectivity index (χ4v) is 2.96. The van der Waals surface area contributed by atoms with Crippen molar-refractivity contribution in [2.75, 3.05) is 5.73 Å². The van der Waals surface area contributed by atoms with Crippen molar-refractivity contribution in [3.05, 3.63) is 38.9 Å². The molecule has 3 aromatic heterocycles. The molecule has 7 heteroatoms. The van der Waals surface area contributed by atoms with E-state index in [9.17, 15) is 0 Å². The Hall–Kier alpha value is -2.02. The molecule has 0 unspecified atom stereocenters. The molecule has 0 amide bonds. The van der Waals surface area contributed by atoms with Crippen molar-refractivity contribution < 1.29 is 0 Å². The summed E-state index contributed by atoms with van der Waals surface area (Å²) >= 11 is 3.61. The summed E-state index contributed by atoms with van der Waals surface area (Å²) in [7, 11) is 0. The average molecular weight is 361 g/mol. The smallest absolute Gasteiger partial charge is 0.222 e. The van der Waals surface area contributed by atoms with Crippen LogP contribution in [-0.2, 0) is 6.54 Å². The first kappa shape index (κ1) is 14.9. The Morgan fingerprint density at radius 1 is 1.14 bits per heavy atom. The molecule has 0 atom stereocenters. The Kier molecular flexibility index (Phi) is 3.60. The number of fused-ring (bicyclic) bond motifs is 1. The van der Waals surface area contributed by atoms with Crippen LogP contribution in [0.3, 0.4) is 0 Å². The van der Waals surface area contributed by atoms with Crippen LogP contribution < -0.4 is 5.73 Å². The molecular formula is C15H17BrN6. The molecule has 0 fully saturated rings. The standard InChI is InChI=1S/C15H17BrN6/c1-7-5-18-11(8(2)13(7)16)6-22-14-12(10(4)21-22)9(3)19-15(17)20-14/h5H,6H2,1-4H3,(H2,17,19,20). The number of nitrogens with two attached hydrogens (primary N) is 1. The molecule has 0 radical (unpaired) electrons. The number of halogens is 1. The van der Waals surface area contributed by atoms with E-state index in [2.05, 4.69) is 36.0 Å². The molecule has 114 valence electrons. The van der Waals surface area contributed by atoms with Gasteiger partial charge in [-0.05, 0) is 38.8 Å². The number of nitrogen functional groups attached to an aromatic ring is 1. The van der Waals surface area contributed by atoms with Crippen LogP contribution >= 0.6 is 15.9 Å². The molecule has 0 aliphatic carbocycles. The van der Waals surface area contributed by atoms with Crippen molar-refractivity contribution in [1.82, 2.24) is 24.7 Å². The Morgan fingerprint density at radius 2 is 1.86 bits per heavy atom. The zero-order valence-corrected chi connectivity index (χ0v) is 14.6. The fraction of sp³-hybridized carbons (Fsp3) is 0.333. The summed E-state index contributed by atoms with van der Waals surface area (Å²) in [6.07, 6.45) is 1.86. The van der Waals surface area contributed by atoms with Gasteiger partial charge in [0.15, 0.2) is 5.65 Å². The Bertz CT molecular complexity index is 884. The van der Waals surface area contributed by atoms with E-state index in [-0.39, 0.29) is 5.95 Å². The van der Waals surface area contributed by atoms with Crippen molar-refractivity contribution in [1.29, 1.82) is 0 Å². The lowest BCUT2D eigenvalue weighted by molar-refractivity contribution is 0.677. The number of hydrogen-bond acceptors (Lipinski definition) is 5. The molecule has 0 aliphatic heterocycles. The predicted octanol–water partition coefficient (Wildman–Crippen LogP) is 2.85. The maximum atomic E-state index is 5.78. The minimum absolute atomic E-state index is 0.265. The van der Waals surface area contributed by atoms with E-state index < -0.39 is 0 Å². The van der Waals surface area contributed by atoms with E-state index in [1.165, 1.54) is 0 Å². The maximum absolute atomic E-state index is 5.78. The second-order valence-electron chi connectivity index (χ2n) is 5.44. The molecule has 3 heterocycles. The normalized spacial score (nSPS) is 11.3. The lowest BCUT2D eigenvalue weighted by Gasteiger charge is -2.09. The van der Waals surface area contributed by atoms with Crippen LogP contribution in [0.4, 0.5) is 5.95 Å². The van der Waals surface area contributed by atoms with Crippen LogP contribution in [0.2, 0.25) is 0 Å². The van der Waals surface area contributed by atoms with E-state index in [1.54, 1.807) is 0 Å². The molecular weight excluding hydrogens is 344 g/mol. The number of hydrogen-bond donors (Lipinski definition) is 1. The van der Waals surface area contributed by atoms with Crippen LogP contribution in [0.1, 0.15) is 28.2 Å². The molecule has 6 nitrogen and oxygen atoms in total. The molecule has 22 heavy (non-hydrogen) atoms. The molecule has 2 N–H and O–H groups in total. The van der Waals surface area contributed by atoms with Crippen molar-refractivity contribution in [3.63, 3.8) is 0 Å². The average Bonchev–Trinajstić information content (AvgIpc) is 2.76. The van der Waals surface area contributed by atoms with Crippen molar-refractivity contribution in [3.8, 4) is 0 Å². The second kappa shape index (κ2) is 5.31. The van der Waals surface area contributed by atoms with E-state index >= 15 is 0 Å². The third kappa shape index (κ3) is 2.35. The summed E-state index contributed by atoms with van der Waals surface area (Å²) in [6, 6.07) is 0. The summed E-state index contributed by atoms with van der Waals surface area (Å²) < 4.78 is 2.92. The lowest BCUT2D eigenvalue weighted by Crippen LogP contribution is -2.08. The Balaban J connectivity index is 2.14. The molecule has 3 aromatic rings. The largest absolute Gasteiger partial charge is 0.368 e. The lowest BCUT2D eigenvalue weighted by atomic mass is 10.1. The van der Waals surface area contributed by atoms with Crippen molar-refractivity contribution in [2.24, 2.45) is 0 Å². The zero-order valence-electron chi connectivity index (χ0n) is 13.0. The third-order valence-electron chi connectivity index (χ3n) is 3.79. The van der Waals surface area contributed by atoms with Gasteiger partial charge in [0.1, 0.15) is 0 Å². The van der Waals surface area contributed by atoms with Gasteiger partial charge < -0.3 is 5.73 Å². The number of aryl methyl sites for hydroxylation is 3. The number of nitrogens with zero attached hydrogens (tertiary/aromatic N) is 5. The van der Waals surface area contributed by atoms with Gasteiger partial charge in [-0.1, -0.05) is 15.9 Å². The van der Waals surface area contributed by atoms with E-state index in [1.807, 2.05) is 38.6 Å². The molecule has 0 spiro atoms. The Labute approximate surface area is 136 Å². The van der Waals surface area contributed by atoms with Crippen molar-refractivity contribution >= 4 is 32.9 Å². The summed E-state index contributed by atoms with van der Waals surface area (Å²) in [5.74, 6) is 0.265. The first-order valence-electron chi connectivity index (χ1n) is 6.96. The van der Waals surface area contributed by atoms with E-state index in [4.69, 9.17) is 5.73 Å². The van der Waals surface area contributed by atoms with Gasteiger partial charge >= 0.3 is 0 Å². The van der Waals surface area contributed by atoms with Crippen LogP contribution in [0, 0.1) is 27.7 Å². The van der Waals surface area contributed by atoms with Crippen LogP contribution in [0.5, 0.6) is 0 Å². The van der Waals surface area contributed by atoms with Gasteiger partial charge in [-0.3, -0.25) is 4.98 Å². The van der Waals surface area contributed by atoms with Gasteiger partial charge in [-0.15, -0.1) is 0 Å². The van der Waals surface area contributed by atoms with Gasteiger partial charge in [0.25, 0.3) is 0 Å². The van der Waals surface area contributed by atoms with Gasteiger partial charge in [0, 0.05) is 10.7 Å². The predicted molar refractivity (Wildman–Crippen MR) is 89.7 cm³/mol. The summed E-state index contributed by atoms with van der Waals surface area (Å²) in [4.78, 5) is 13.1. The third-order valence-corrected chi connectivity index (χ3v) is 5.01. The highest BCUT2D eigenvalue weighted by Crippen LogP contribution is 2.25. The molecule has 3 rings (SSSR count). The summed E-state index contributed by atoms with van der Waals surface area (Å²) in [5, 5.41) is 5.54. The van der Waals surface area contributed by atoms with Gasteiger partial charge in [-0.2, -0.15) is 10.1 Å². The summed E-state index contributed by atoms with van der Waals surface area (Å²) in [5.41, 5.74) is 11.5. The summed E-state index contributed by atoms with van der Waals surface area (Å²) in [6.45, 7) is 8.50. The quantitative estimate of drug-likeness (QED) is 0.759. The topological polar surface area (TPSA) is 82.5 Å². The second-order valence-corrected chi connectivity index (χ2v) is 6.23. The molecule has 0 bridgehead atoms. The number of rotatable bonds is 2. The molecule has 0 saturated heterocycles. The highest BCUT2D eigenvalue weighted by Gasteiger charge is 2.15. The van der Waals surface area contributed by atoms with Crippen LogP contribution in [-0.4, -0.2) is 24.7 Å². The molecule has 0 saturated carbocycles. The first-order valence-corrected chi connectivity index (χ1v) is 7.75. The minimum atomic E-state index is 0.265. The first-order chi connectivity index (χ1) is 10.4. The van der Waals surface area contributed by atoms with Gasteiger partial charge in [0.05, 0.1) is 29.0 Å². The minimum Gasteiger partial charge on any atom is -0.368 e. The highest BCUT2D eigenvalue weighted by atomic mass is 79.9. The number of pyridine rings is 1. The zero-order chi connectivity index (χ0) is 16.0. The molecule has 0 aliphatic rings. The van der Waals surface area contributed by atoms with E-state index in [0.29, 0.717) is 6.54 Å². The SMILES string of the molecule is Cc1cnc(Cn2nc(C)c3c(C)nc(N)nc32)c(C)c1Br. The van der Waals surface area contributed by atoms with Crippen LogP contribution in [0.25, 0.3) is 11.0 Å². The fourth-order valence-electron chi connectivity index (χ4n) is 2.63. The Morgan fingerprint density at radius 3 is 2.59 bits per heavy atom. The van der Waals surface area contributed by atoms with Gasteiger partial charge in [-0.25, -0.2) is 9.67 Å². The highest BCUT2D eigenvalue weighted by molar-refractivity contribution is 9.10. The number of aromatic nitrogens is 5. The van der Waals surface area contributed by atoms with Crippen molar-refractivity contribution in [2.45, 2.75) is 34.2 Å². The monoisotopic (exact) mass is 360 g/mol. The maximum Gasteiger partial charge on any atom is 0.222 e. The number of anilines is 1.